The molecule has 0 fully saturated rings. The summed E-state index contributed by atoms with van der Waals surface area (Å²) < 4.78 is 3.56. The van der Waals surface area contributed by atoms with E-state index in [9.17, 15) is 9.59 Å². The topological polar surface area (TPSA) is 68.9 Å². The number of carbonyl (C=O) groups excluding carboxylic acids is 1. The van der Waals surface area contributed by atoms with Gasteiger partial charge in [0.1, 0.15) is 0 Å². The normalized spacial score (nSPS) is 12.1. The molecule has 0 radical (unpaired) electrons. The predicted molar refractivity (Wildman–Crippen MR) is 127 cm³/mol. The summed E-state index contributed by atoms with van der Waals surface area (Å²) in [7, 11) is 0. The van der Waals surface area contributed by atoms with E-state index in [4.69, 9.17) is 0 Å². The summed E-state index contributed by atoms with van der Waals surface area (Å²) >= 11 is 0. The lowest BCUT2D eigenvalue weighted by molar-refractivity contribution is -0.121. The average Bonchev–Trinajstić information content (AvgIpc) is 3.05. The molecule has 0 aliphatic carbocycles. The van der Waals surface area contributed by atoms with E-state index in [-0.39, 0.29) is 17.5 Å². The average molecular weight is 429 g/mol. The molecule has 2 heterocycles. The van der Waals surface area contributed by atoms with Gasteiger partial charge in [0, 0.05) is 29.7 Å². The molecule has 0 unspecified atom stereocenters. The molecule has 4 rings (SSSR count). The van der Waals surface area contributed by atoms with Crippen molar-refractivity contribution in [2.45, 2.75) is 46.2 Å². The van der Waals surface area contributed by atoms with Crippen LogP contribution in [0.3, 0.4) is 0 Å². The van der Waals surface area contributed by atoms with E-state index in [1.807, 2.05) is 81.4 Å². The second-order valence-electron chi connectivity index (χ2n) is 8.11. The Morgan fingerprint density at radius 2 is 1.66 bits per heavy atom. The summed E-state index contributed by atoms with van der Waals surface area (Å²) in [5, 5.41) is 9.00. The molecule has 164 valence electrons. The van der Waals surface area contributed by atoms with Crippen molar-refractivity contribution in [1.82, 2.24) is 19.7 Å². The number of para-hydroxylation sites is 1. The lowest BCUT2D eigenvalue weighted by atomic mass is 10.1. The molecule has 0 aliphatic heterocycles. The fourth-order valence-electron chi connectivity index (χ4n) is 4.23. The third kappa shape index (κ3) is 4.21. The van der Waals surface area contributed by atoms with Crippen LogP contribution in [0, 0.1) is 13.8 Å². The highest BCUT2D eigenvalue weighted by Crippen LogP contribution is 2.23. The molecule has 0 bridgehead atoms. The van der Waals surface area contributed by atoms with E-state index in [2.05, 4.69) is 15.0 Å². The van der Waals surface area contributed by atoms with Crippen LogP contribution in [0.25, 0.3) is 16.5 Å². The molecule has 1 N–H and O–H groups in total. The number of rotatable bonds is 7. The molecular formula is C26H28N4O2. The molecule has 0 spiro atoms. The summed E-state index contributed by atoms with van der Waals surface area (Å²) in [6.07, 6.45) is 2.88. The van der Waals surface area contributed by atoms with Crippen molar-refractivity contribution in [1.29, 1.82) is 0 Å². The van der Waals surface area contributed by atoms with Gasteiger partial charge in [0.25, 0.3) is 5.56 Å². The Balaban J connectivity index is 1.48. The highest BCUT2D eigenvalue weighted by molar-refractivity contribution is 5.87. The third-order valence-corrected chi connectivity index (χ3v) is 6.00. The first kappa shape index (κ1) is 21.6. The van der Waals surface area contributed by atoms with E-state index in [0.717, 1.165) is 28.0 Å². The zero-order valence-corrected chi connectivity index (χ0v) is 18.7. The fraction of sp³-hybridized carbons (Fsp3) is 0.269. The Bertz CT molecular complexity index is 1290. The van der Waals surface area contributed by atoms with Crippen molar-refractivity contribution in [3.05, 3.63) is 94.2 Å². The van der Waals surface area contributed by atoms with E-state index < -0.39 is 0 Å². The lowest BCUT2D eigenvalue weighted by Gasteiger charge is -2.15. The molecule has 6 nitrogen and oxygen atoms in total. The maximum atomic E-state index is 13.2. The first-order valence-electron chi connectivity index (χ1n) is 10.9. The van der Waals surface area contributed by atoms with Crippen molar-refractivity contribution in [2.24, 2.45) is 0 Å². The van der Waals surface area contributed by atoms with E-state index >= 15 is 0 Å². The van der Waals surface area contributed by atoms with Crippen molar-refractivity contribution in [3.8, 4) is 5.69 Å². The van der Waals surface area contributed by atoms with Crippen molar-refractivity contribution in [2.75, 3.05) is 0 Å². The minimum absolute atomic E-state index is 0.0242. The number of hydrogen-bond acceptors (Lipinski definition) is 3. The van der Waals surface area contributed by atoms with Crippen LogP contribution in [-0.2, 0) is 11.3 Å². The molecule has 0 aliphatic rings. The lowest BCUT2D eigenvalue weighted by Crippen LogP contribution is -2.26. The molecule has 2 aromatic heterocycles. The van der Waals surface area contributed by atoms with E-state index in [1.165, 1.54) is 4.68 Å². The molecular weight excluding hydrogens is 400 g/mol. The Morgan fingerprint density at radius 3 is 2.34 bits per heavy atom. The van der Waals surface area contributed by atoms with Gasteiger partial charge < -0.3 is 9.88 Å². The second kappa shape index (κ2) is 9.22. The van der Waals surface area contributed by atoms with Crippen LogP contribution in [0.2, 0.25) is 0 Å². The molecule has 4 aromatic rings. The molecule has 6 heteroatoms. The molecule has 1 atom stereocenters. The Kier molecular flexibility index (Phi) is 6.21. The van der Waals surface area contributed by atoms with Crippen LogP contribution in [0.15, 0.2) is 71.7 Å². The van der Waals surface area contributed by atoms with Crippen LogP contribution in [0.4, 0.5) is 0 Å². The first-order chi connectivity index (χ1) is 15.5. The maximum Gasteiger partial charge on any atom is 0.281 e. The number of nitrogens with one attached hydrogen (secondary N) is 1. The standard InChI is InChI=1S/C26H28N4O2/c1-18(21-11-6-4-7-12-21)28-24(31)15-10-16-29-19(2)23-17-27-30(22-13-8-5-9-14-22)26(32)25(23)20(29)3/h4-9,11-14,17-18H,10,15-16H2,1-3H3,(H,28,31)/t18-/m1/s1. The second-order valence-corrected chi connectivity index (χ2v) is 8.11. The van der Waals surface area contributed by atoms with Gasteiger partial charge in [0.05, 0.1) is 23.3 Å². The van der Waals surface area contributed by atoms with Gasteiger partial charge in [-0.2, -0.15) is 9.78 Å². The van der Waals surface area contributed by atoms with Gasteiger partial charge in [-0.05, 0) is 44.9 Å². The maximum absolute atomic E-state index is 13.2. The van der Waals surface area contributed by atoms with Crippen LogP contribution < -0.4 is 10.9 Å². The quantitative estimate of drug-likeness (QED) is 0.472. The fourth-order valence-corrected chi connectivity index (χ4v) is 4.23. The number of aryl methyl sites for hydroxylation is 2. The van der Waals surface area contributed by atoms with Gasteiger partial charge in [-0.3, -0.25) is 9.59 Å². The van der Waals surface area contributed by atoms with Crippen LogP contribution in [0.1, 0.15) is 42.8 Å². The number of carbonyl (C=O) groups is 1. The van der Waals surface area contributed by atoms with Gasteiger partial charge in [0.15, 0.2) is 0 Å². The summed E-state index contributed by atoms with van der Waals surface area (Å²) in [6, 6.07) is 19.3. The number of benzene rings is 2. The molecule has 2 aromatic carbocycles. The number of hydrogen-bond donors (Lipinski definition) is 1. The van der Waals surface area contributed by atoms with E-state index in [1.54, 1.807) is 6.20 Å². The van der Waals surface area contributed by atoms with Gasteiger partial charge in [-0.15, -0.1) is 0 Å². The number of amides is 1. The molecule has 0 saturated carbocycles. The van der Waals surface area contributed by atoms with Gasteiger partial charge in [-0.25, -0.2) is 0 Å². The van der Waals surface area contributed by atoms with Gasteiger partial charge in [0.2, 0.25) is 5.91 Å². The third-order valence-electron chi connectivity index (χ3n) is 6.00. The van der Waals surface area contributed by atoms with Crippen molar-refractivity contribution >= 4 is 16.7 Å². The zero-order chi connectivity index (χ0) is 22.7. The summed E-state index contributed by atoms with van der Waals surface area (Å²) in [5.74, 6) is 0.0291. The van der Waals surface area contributed by atoms with E-state index in [0.29, 0.717) is 24.8 Å². The number of nitrogens with zero attached hydrogens (tertiary/aromatic N) is 3. The Hall–Kier alpha value is -3.67. The van der Waals surface area contributed by atoms with Crippen molar-refractivity contribution < 1.29 is 4.79 Å². The SMILES string of the molecule is Cc1c2cnn(-c3ccccc3)c(=O)c2c(C)n1CCCC(=O)N[C@H](C)c1ccccc1. The Labute approximate surface area is 187 Å². The summed E-state index contributed by atoms with van der Waals surface area (Å²) in [4.78, 5) is 25.6. The zero-order valence-electron chi connectivity index (χ0n) is 18.7. The minimum Gasteiger partial charge on any atom is -0.350 e. The Morgan fingerprint density at radius 1 is 1.00 bits per heavy atom. The first-order valence-corrected chi connectivity index (χ1v) is 10.9. The smallest absolute Gasteiger partial charge is 0.281 e. The summed E-state index contributed by atoms with van der Waals surface area (Å²) in [6.45, 7) is 6.62. The number of fused-ring (bicyclic) bond motifs is 1. The highest BCUT2D eigenvalue weighted by Gasteiger charge is 2.17. The van der Waals surface area contributed by atoms with Crippen LogP contribution in [0.5, 0.6) is 0 Å². The number of aromatic nitrogens is 3. The molecule has 1 amide bonds. The highest BCUT2D eigenvalue weighted by atomic mass is 16.1. The largest absolute Gasteiger partial charge is 0.350 e. The van der Waals surface area contributed by atoms with Crippen molar-refractivity contribution in [3.63, 3.8) is 0 Å². The monoisotopic (exact) mass is 428 g/mol. The van der Waals surface area contributed by atoms with Gasteiger partial charge in [-0.1, -0.05) is 48.5 Å². The van der Waals surface area contributed by atoms with Gasteiger partial charge >= 0.3 is 0 Å². The predicted octanol–water partition coefficient (Wildman–Crippen LogP) is 4.46. The molecule has 0 saturated heterocycles. The minimum atomic E-state index is -0.123. The molecule has 32 heavy (non-hydrogen) atoms. The van der Waals surface area contributed by atoms with Crippen LogP contribution in [-0.4, -0.2) is 20.3 Å². The van der Waals surface area contributed by atoms with Crippen LogP contribution >= 0.6 is 0 Å². The summed E-state index contributed by atoms with van der Waals surface area (Å²) in [5.41, 5.74) is 3.62.